The number of benzene rings is 1. The van der Waals surface area contributed by atoms with Crippen molar-refractivity contribution in [2.24, 2.45) is 5.73 Å². The van der Waals surface area contributed by atoms with Gasteiger partial charge in [-0.15, -0.1) is 0 Å². The van der Waals surface area contributed by atoms with Crippen molar-refractivity contribution in [3.05, 3.63) is 41.1 Å². The highest BCUT2D eigenvalue weighted by Gasteiger charge is 2.16. The lowest BCUT2D eigenvalue weighted by Crippen LogP contribution is -2.12. The molecule has 1 aromatic carbocycles. The van der Waals surface area contributed by atoms with Gasteiger partial charge in [-0.3, -0.25) is 0 Å². The molecular formula is C15H18N4. The topological polar surface area (TPSA) is 55.0 Å². The largest absolute Gasteiger partial charge is 0.374 e. The van der Waals surface area contributed by atoms with Crippen LogP contribution in [0.25, 0.3) is 11.3 Å². The first-order valence-corrected chi connectivity index (χ1v) is 6.57. The van der Waals surface area contributed by atoms with Gasteiger partial charge in [-0.1, -0.05) is 6.07 Å². The third-order valence-corrected chi connectivity index (χ3v) is 3.81. The Labute approximate surface area is 113 Å². The summed E-state index contributed by atoms with van der Waals surface area (Å²) in [4.78, 5) is 2.28. The molecule has 2 heterocycles. The second-order valence-electron chi connectivity index (χ2n) is 5.06. The van der Waals surface area contributed by atoms with Gasteiger partial charge in [0.05, 0.1) is 11.4 Å². The van der Waals surface area contributed by atoms with Crippen molar-refractivity contribution in [1.29, 1.82) is 0 Å². The van der Waals surface area contributed by atoms with Gasteiger partial charge in [-0.05, 0) is 42.7 Å². The standard InChI is InChI=1S/C15H18N4/c1-10-13(9-16)8-14(18-17-10)11-3-4-15-12(7-11)5-6-19(15)2/h3-4,7-8H,5-6,9,16H2,1-2H3. The lowest BCUT2D eigenvalue weighted by atomic mass is 10.0. The van der Waals surface area contributed by atoms with Crippen LogP contribution in [-0.4, -0.2) is 23.8 Å². The molecule has 0 saturated carbocycles. The third-order valence-electron chi connectivity index (χ3n) is 3.81. The van der Waals surface area contributed by atoms with Crippen molar-refractivity contribution in [2.75, 3.05) is 18.5 Å². The Balaban J connectivity index is 2.03. The van der Waals surface area contributed by atoms with Gasteiger partial charge in [0.2, 0.25) is 0 Å². The van der Waals surface area contributed by atoms with Gasteiger partial charge in [0.15, 0.2) is 0 Å². The lowest BCUT2D eigenvalue weighted by molar-refractivity contribution is 0.924. The highest BCUT2D eigenvalue weighted by molar-refractivity contribution is 5.68. The molecule has 0 bridgehead atoms. The van der Waals surface area contributed by atoms with Gasteiger partial charge in [-0.25, -0.2) is 0 Å². The third kappa shape index (κ3) is 2.08. The fraction of sp³-hybridized carbons (Fsp3) is 0.333. The summed E-state index contributed by atoms with van der Waals surface area (Å²) < 4.78 is 0. The van der Waals surface area contributed by atoms with Crippen molar-refractivity contribution >= 4 is 5.69 Å². The van der Waals surface area contributed by atoms with Crippen molar-refractivity contribution < 1.29 is 0 Å². The number of hydrogen-bond donors (Lipinski definition) is 1. The molecule has 2 N–H and O–H groups in total. The highest BCUT2D eigenvalue weighted by Crippen LogP contribution is 2.30. The summed E-state index contributed by atoms with van der Waals surface area (Å²) in [5, 5.41) is 8.48. The van der Waals surface area contributed by atoms with Gasteiger partial charge in [-0.2, -0.15) is 10.2 Å². The van der Waals surface area contributed by atoms with Crippen LogP contribution in [0.1, 0.15) is 16.8 Å². The first-order valence-electron chi connectivity index (χ1n) is 6.57. The maximum atomic E-state index is 5.73. The van der Waals surface area contributed by atoms with Crippen LogP contribution in [0.2, 0.25) is 0 Å². The molecule has 1 aliphatic rings. The fourth-order valence-electron chi connectivity index (χ4n) is 2.57. The Bertz CT molecular complexity index is 622. The minimum Gasteiger partial charge on any atom is -0.374 e. The Morgan fingerprint density at radius 3 is 2.89 bits per heavy atom. The summed E-state index contributed by atoms with van der Waals surface area (Å²) in [5.74, 6) is 0. The number of nitrogens with two attached hydrogens (primary N) is 1. The second-order valence-corrected chi connectivity index (χ2v) is 5.06. The summed E-state index contributed by atoms with van der Waals surface area (Å²) in [6, 6.07) is 8.54. The van der Waals surface area contributed by atoms with Gasteiger partial charge >= 0.3 is 0 Å². The molecule has 2 aromatic rings. The zero-order valence-corrected chi connectivity index (χ0v) is 11.3. The number of anilines is 1. The lowest BCUT2D eigenvalue weighted by Gasteiger charge is -2.12. The van der Waals surface area contributed by atoms with E-state index in [0.717, 1.165) is 35.5 Å². The van der Waals surface area contributed by atoms with E-state index >= 15 is 0 Å². The van der Waals surface area contributed by atoms with Crippen LogP contribution in [0.15, 0.2) is 24.3 Å². The van der Waals surface area contributed by atoms with Gasteiger partial charge in [0.1, 0.15) is 0 Å². The van der Waals surface area contributed by atoms with Crippen LogP contribution < -0.4 is 10.6 Å². The Kier molecular flexibility index (Phi) is 2.95. The zero-order valence-electron chi connectivity index (χ0n) is 11.3. The summed E-state index contributed by atoms with van der Waals surface area (Å²) in [6.07, 6.45) is 1.10. The predicted molar refractivity (Wildman–Crippen MR) is 77.1 cm³/mol. The minimum atomic E-state index is 0.502. The van der Waals surface area contributed by atoms with E-state index in [9.17, 15) is 0 Å². The van der Waals surface area contributed by atoms with Crippen molar-refractivity contribution in [3.63, 3.8) is 0 Å². The molecule has 1 aromatic heterocycles. The average Bonchev–Trinajstić information content (AvgIpc) is 2.80. The molecule has 0 fully saturated rings. The second kappa shape index (κ2) is 4.63. The number of aromatic nitrogens is 2. The van der Waals surface area contributed by atoms with E-state index in [2.05, 4.69) is 40.3 Å². The summed E-state index contributed by atoms with van der Waals surface area (Å²) >= 11 is 0. The molecule has 0 unspecified atom stereocenters. The van der Waals surface area contributed by atoms with E-state index in [1.165, 1.54) is 11.3 Å². The maximum absolute atomic E-state index is 5.73. The molecular weight excluding hydrogens is 236 g/mol. The van der Waals surface area contributed by atoms with Crippen molar-refractivity contribution in [2.45, 2.75) is 19.9 Å². The van der Waals surface area contributed by atoms with Crippen LogP contribution in [-0.2, 0) is 13.0 Å². The molecule has 4 nitrogen and oxygen atoms in total. The summed E-state index contributed by atoms with van der Waals surface area (Å²) in [5.41, 5.74) is 12.4. The number of nitrogens with zero attached hydrogens (tertiary/aromatic N) is 3. The van der Waals surface area contributed by atoms with Gasteiger partial charge in [0, 0.05) is 31.4 Å². The van der Waals surface area contributed by atoms with Crippen LogP contribution in [0.5, 0.6) is 0 Å². The first kappa shape index (κ1) is 12.1. The van der Waals surface area contributed by atoms with E-state index in [1.807, 2.05) is 13.0 Å². The van der Waals surface area contributed by atoms with Crippen molar-refractivity contribution in [3.8, 4) is 11.3 Å². The number of likely N-dealkylation sites (N-methyl/N-ethyl adjacent to an activating group) is 1. The SMILES string of the molecule is Cc1nnc(-c2ccc3c(c2)CCN3C)cc1CN. The van der Waals surface area contributed by atoms with Crippen LogP contribution in [0.4, 0.5) is 5.69 Å². The van der Waals surface area contributed by atoms with Crippen LogP contribution >= 0.6 is 0 Å². The Morgan fingerprint density at radius 1 is 1.26 bits per heavy atom. The van der Waals surface area contributed by atoms with Crippen LogP contribution in [0.3, 0.4) is 0 Å². The van der Waals surface area contributed by atoms with Crippen molar-refractivity contribution in [1.82, 2.24) is 10.2 Å². The number of rotatable bonds is 2. The average molecular weight is 254 g/mol. The first-order chi connectivity index (χ1) is 9.19. The maximum Gasteiger partial charge on any atom is 0.0933 e. The molecule has 0 amide bonds. The van der Waals surface area contributed by atoms with E-state index < -0.39 is 0 Å². The molecule has 0 aliphatic carbocycles. The van der Waals surface area contributed by atoms with Gasteiger partial charge < -0.3 is 10.6 Å². The number of hydrogen-bond acceptors (Lipinski definition) is 4. The van der Waals surface area contributed by atoms with E-state index in [1.54, 1.807) is 0 Å². The fourth-order valence-corrected chi connectivity index (χ4v) is 2.57. The molecule has 0 radical (unpaired) electrons. The smallest absolute Gasteiger partial charge is 0.0933 e. The normalized spacial score (nSPS) is 13.7. The highest BCUT2D eigenvalue weighted by atomic mass is 15.1. The molecule has 98 valence electrons. The number of fused-ring (bicyclic) bond motifs is 1. The quantitative estimate of drug-likeness (QED) is 0.889. The zero-order chi connectivity index (χ0) is 13.4. The predicted octanol–water partition coefficient (Wildman–Crippen LogP) is 1.90. The van der Waals surface area contributed by atoms with Gasteiger partial charge in [0.25, 0.3) is 0 Å². The molecule has 4 heteroatoms. The molecule has 1 aliphatic heterocycles. The molecule has 0 atom stereocenters. The molecule has 0 spiro atoms. The molecule has 19 heavy (non-hydrogen) atoms. The monoisotopic (exact) mass is 254 g/mol. The van der Waals surface area contributed by atoms with E-state index in [0.29, 0.717) is 6.54 Å². The summed E-state index contributed by atoms with van der Waals surface area (Å²) in [7, 11) is 2.13. The van der Waals surface area contributed by atoms with E-state index in [4.69, 9.17) is 5.73 Å². The molecule has 3 rings (SSSR count). The Hall–Kier alpha value is -1.94. The minimum absolute atomic E-state index is 0.502. The number of aryl methyl sites for hydroxylation is 1. The molecule has 0 saturated heterocycles. The van der Waals surface area contributed by atoms with Crippen LogP contribution in [0, 0.1) is 6.92 Å². The Morgan fingerprint density at radius 2 is 2.11 bits per heavy atom. The summed E-state index contributed by atoms with van der Waals surface area (Å²) in [6.45, 7) is 3.53. The van der Waals surface area contributed by atoms with E-state index in [-0.39, 0.29) is 0 Å².